The number of amides is 1. The Morgan fingerprint density at radius 2 is 1.89 bits per heavy atom. The summed E-state index contributed by atoms with van der Waals surface area (Å²) in [5.74, 6) is 0.232. The molecule has 1 aliphatic carbocycles. The quantitative estimate of drug-likeness (QED) is 0.891. The Labute approximate surface area is 114 Å². The predicted molar refractivity (Wildman–Crippen MR) is 73.0 cm³/mol. The van der Waals surface area contributed by atoms with Crippen molar-refractivity contribution < 1.29 is 14.6 Å². The zero-order valence-electron chi connectivity index (χ0n) is 11.9. The topological polar surface area (TPSA) is 49.8 Å². The molecule has 104 valence electrons. The van der Waals surface area contributed by atoms with Crippen LogP contribution in [-0.2, 0) is 10.3 Å². The fourth-order valence-corrected chi connectivity index (χ4v) is 2.28. The molecule has 0 aliphatic heterocycles. The molecule has 0 bridgehead atoms. The van der Waals surface area contributed by atoms with Gasteiger partial charge in [-0.3, -0.25) is 0 Å². The highest BCUT2D eigenvalue weighted by atomic mass is 16.6. The minimum atomic E-state index is -0.514. The normalized spacial score (nSPS) is 16.8. The number of carbonyl (C=O) groups is 1. The van der Waals surface area contributed by atoms with E-state index in [1.165, 1.54) is 0 Å². The number of phenols is 1. The lowest BCUT2D eigenvalue weighted by Crippen LogP contribution is -2.40. The van der Waals surface area contributed by atoms with Crippen molar-refractivity contribution in [2.24, 2.45) is 0 Å². The van der Waals surface area contributed by atoms with Gasteiger partial charge < -0.3 is 14.7 Å². The number of benzene rings is 1. The van der Waals surface area contributed by atoms with Gasteiger partial charge in [-0.25, -0.2) is 4.79 Å². The van der Waals surface area contributed by atoms with Gasteiger partial charge in [0, 0.05) is 12.6 Å². The highest BCUT2D eigenvalue weighted by molar-refractivity contribution is 5.70. The molecule has 4 nitrogen and oxygen atoms in total. The fourth-order valence-electron chi connectivity index (χ4n) is 2.28. The van der Waals surface area contributed by atoms with E-state index in [1.807, 2.05) is 32.9 Å². The summed E-state index contributed by atoms with van der Waals surface area (Å²) in [4.78, 5) is 13.8. The number of carbonyl (C=O) groups excluding carboxylic acids is 1. The summed E-state index contributed by atoms with van der Waals surface area (Å²) in [6.45, 7) is 5.54. The van der Waals surface area contributed by atoms with E-state index < -0.39 is 11.1 Å². The second-order valence-corrected chi connectivity index (χ2v) is 6.09. The van der Waals surface area contributed by atoms with Gasteiger partial charge in [-0.1, -0.05) is 18.2 Å². The summed E-state index contributed by atoms with van der Waals surface area (Å²) < 4.78 is 5.39. The third-order valence-electron chi connectivity index (χ3n) is 3.44. The number of para-hydroxylation sites is 1. The maximum absolute atomic E-state index is 12.2. The Hall–Kier alpha value is -1.71. The molecule has 1 aliphatic rings. The largest absolute Gasteiger partial charge is 0.508 e. The second kappa shape index (κ2) is 4.44. The van der Waals surface area contributed by atoms with Gasteiger partial charge in [0.2, 0.25) is 0 Å². The monoisotopic (exact) mass is 263 g/mol. The van der Waals surface area contributed by atoms with Gasteiger partial charge in [0.1, 0.15) is 11.4 Å². The van der Waals surface area contributed by atoms with E-state index in [9.17, 15) is 9.90 Å². The molecular formula is C15H21NO3. The molecule has 4 heteroatoms. The predicted octanol–water partition coefficient (Wildman–Crippen LogP) is 3.25. The van der Waals surface area contributed by atoms with Crippen molar-refractivity contribution in [2.45, 2.75) is 44.8 Å². The Morgan fingerprint density at radius 3 is 2.37 bits per heavy atom. The summed E-state index contributed by atoms with van der Waals surface area (Å²) >= 11 is 0. The third-order valence-corrected chi connectivity index (χ3v) is 3.44. The number of hydrogen-bond acceptors (Lipinski definition) is 3. The summed E-state index contributed by atoms with van der Waals surface area (Å²) in [5.41, 5.74) is -0.128. The molecule has 0 spiro atoms. The first kappa shape index (κ1) is 13.7. The molecule has 2 rings (SSSR count). The lowest BCUT2D eigenvalue weighted by Gasteiger charge is -2.31. The maximum atomic E-state index is 12.2. The number of aromatic hydroxyl groups is 1. The summed E-state index contributed by atoms with van der Waals surface area (Å²) in [6.07, 6.45) is 1.34. The van der Waals surface area contributed by atoms with Gasteiger partial charge in [0.15, 0.2) is 0 Å². The number of rotatable bonds is 2. The Bertz CT molecular complexity index is 486. The van der Waals surface area contributed by atoms with Crippen LogP contribution in [0, 0.1) is 0 Å². The zero-order chi connectivity index (χ0) is 14.3. The van der Waals surface area contributed by atoms with Crippen LogP contribution in [0.4, 0.5) is 4.79 Å². The van der Waals surface area contributed by atoms with Crippen molar-refractivity contribution in [1.29, 1.82) is 0 Å². The second-order valence-electron chi connectivity index (χ2n) is 6.09. The van der Waals surface area contributed by atoms with E-state index in [2.05, 4.69) is 0 Å². The number of hydrogen-bond donors (Lipinski definition) is 1. The van der Waals surface area contributed by atoms with Crippen LogP contribution in [0.15, 0.2) is 24.3 Å². The molecule has 1 fully saturated rings. The lowest BCUT2D eigenvalue weighted by atomic mass is 10.0. The van der Waals surface area contributed by atoms with E-state index in [-0.39, 0.29) is 11.8 Å². The van der Waals surface area contributed by atoms with E-state index in [0.717, 1.165) is 18.4 Å². The van der Waals surface area contributed by atoms with Crippen molar-refractivity contribution in [3.63, 3.8) is 0 Å². The van der Waals surface area contributed by atoms with Gasteiger partial charge in [-0.2, -0.15) is 0 Å². The fraction of sp³-hybridized carbons (Fsp3) is 0.533. The van der Waals surface area contributed by atoms with E-state index >= 15 is 0 Å². The number of phenolic OH excluding ortho intramolecular Hbond substituents is 1. The minimum Gasteiger partial charge on any atom is -0.508 e. The Kier molecular flexibility index (Phi) is 3.20. The molecule has 0 radical (unpaired) electrons. The van der Waals surface area contributed by atoms with Crippen LogP contribution in [0.5, 0.6) is 5.75 Å². The summed E-state index contributed by atoms with van der Waals surface area (Å²) in [6, 6.07) is 7.17. The highest BCUT2D eigenvalue weighted by Gasteiger charge is 2.52. The smallest absolute Gasteiger partial charge is 0.410 e. The van der Waals surface area contributed by atoms with Crippen molar-refractivity contribution in [3.8, 4) is 5.75 Å². The van der Waals surface area contributed by atoms with Crippen LogP contribution in [0.1, 0.15) is 39.2 Å². The Morgan fingerprint density at radius 1 is 1.32 bits per heavy atom. The van der Waals surface area contributed by atoms with E-state index in [1.54, 1.807) is 24.1 Å². The first-order chi connectivity index (χ1) is 8.76. The van der Waals surface area contributed by atoms with Crippen molar-refractivity contribution in [1.82, 2.24) is 4.90 Å². The van der Waals surface area contributed by atoms with Crippen molar-refractivity contribution in [3.05, 3.63) is 29.8 Å². The SMILES string of the molecule is CN(C(=O)OC(C)(C)C)C1(c2ccccc2O)CC1. The molecule has 0 atom stereocenters. The van der Waals surface area contributed by atoms with Gasteiger partial charge in [-0.15, -0.1) is 0 Å². The number of nitrogens with zero attached hydrogens (tertiary/aromatic N) is 1. The first-order valence-electron chi connectivity index (χ1n) is 6.51. The van der Waals surface area contributed by atoms with Gasteiger partial charge in [-0.05, 0) is 39.7 Å². The standard InChI is InChI=1S/C15H21NO3/c1-14(2,3)19-13(18)16(4)15(9-10-15)11-7-5-6-8-12(11)17/h5-8,17H,9-10H2,1-4H3. The molecule has 0 unspecified atom stereocenters. The van der Waals surface area contributed by atoms with Crippen LogP contribution in [-0.4, -0.2) is 28.7 Å². The average molecular weight is 263 g/mol. The van der Waals surface area contributed by atoms with Gasteiger partial charge in [0.25, 0.3) is 0 Å². The van der Waals surface area contributed by atoms with Crippen molar-refractivity contribution >= 4 is 6.09 Å². The number of ether oxygens (including phenoxy) is 1. The molecule has 0 saturated heterocycles. The summed E-state index contributed by atoms with van der Waals surface area (Å²) in [5, 5.41) is 9.97. The molecule has 1 saturated carbocycles. The van der Waals surface area contributed by atoms with Gasteiger partial charge >= 0.3 is 6.09 Å². The molecule has 0 aromatic heterocycles. The molecule has 1 N–H and O–H groups in total. The van der Waals surface area contributed by atoms with Crippen LogP contribution in [0.2, 0.25) is 0 Å². The Balaban J connectivity index is 2.22. The van der Waals surface area contributed by atoms with Crippen LogP contribution in [0.25, 0.3) is 0 Å². The van der Waals surface area contributed by atoms with Crippen LogP contribution in [0.3, 0.4) is 0 Å². The van der Waals surface area contributed by atoms with Gasteiger partial charge in [0.05, 0.1) is 5.54 Å². The van der Waals surface area contributed by atoms with Crippen LogP contribution < -0.4 is 0 Å². The molecule has 1 amide bonds. The molecule has 1 aromatic carbocycles. The summed E-state index contributed by atoms with van der Waals surface area (Å²) in [7, 11) is 1.73. The van der Waals surface area contributed by atoms with Crippen LogP contribution >= 0.6 is 0 Å². The average Bonchev–Trinajstić information content (AvgIpc) is 3.07. The van der Waals surface area contributed by atoms with Crippen molar-refractivity contribution in [2.75, 3.05) is 7.05 Å². The first-order valence-corrected chi connectivity index (χ1v) is 6.51. The highest BCUT2D eigenvalue weighted by Crippen LogP contribution is 2.53. The lowest BCUT2D eigenvalue weighted by molar-refractivity contribution is 0.0188. The van der Waals surface area contributed by atoms with E-state index in [0.29, 0.717) is 0 Å². The molecule has 1 aromatic rings. The molecule has 0 heterocycles. The minimum absolute atomic E-state index is 0.232. The molecular weight excluding hydrogens is 242 g/mol. The maximum Gasteiger partial charge on any atom is 0.410 e. The van der Waals surface area contributed by atoms with E-state index in [4.69, 9.17) is 4.74 Å². The zero-order valence-corrected chi connectivity index (χ0v) is 11.9. The molecule has 19 heavy (non-hydrogen) atoms. The third kappa shape index (κ3) is 2.67.